The lowest BCUT2D eigenvalue weighted by atomic mass is 9.94. The van der Waals surface area contributed by atoms with Gasteiger partial charge < -0.3 is 9.84 Å². The second-order valence-corrected chi connectivity index (χ2v) is 3.92. The smallest absolute Gasteiger partial charge is 0.0920 e. The molecular formula is C12H18O2. The lowest BCUT2D eigenvalue weighted by Crippen LogP contribution is -2.34. The molecule has 1 rings (SSSR count). The maximum atomic E-state index is 9.21. The van der Waals surface area contributed by atoms with E-state index in [0.717, 1.165) is 6.42 Å². The van der Waals surface area contributed by atoms with Crippen LogP contribution < -0.4 is 0 Å². The van der Waals surface area contributed by atoms with Crippen molar-refractivity contribution in [3.63, 3.8) is 0 Å². The van der Waals surface area contributed by atoms with Gasteiger partial charge in [0.05, 0.1) is 12.2 Å². The van der Waals surface area contributed by atoms with Crippen LogP contribution in [-0.4, -0.2) is 24.4 Å². The van der Waals surface area contributed by atoms with Gasteiger partial charge in [-0.3, -0.25) is 0 Å². The molecule has 0 fully saturated rings. The number of aliphatic hydroxyl groups is 1. The molecule has 0 aromatic heterocycles. The third kappa shape index (κ3) is 2.56. The van der Waals surface area contributed by atoms with Gasteiger partial charge in [-0.05, 0) is 25.0 Å². The highest BCUT2D eigenvalue weighted by Gasteiger charge is 2.23. The van der Waals surface area contributed by atoms with Crippen LogP contribution in [0.4, 0.5) is 0 Å². The van der Waals surface area contributed by atoms with Crippen molar-refractivity contribution in [1.82, 2.24) is 0 Å². The fourth-order valence-electron chi connectivity index (χ4n) is 1.40. The van der Waals surface area contributed by atoms with Crippen molar-refractivity contribution in [3.8, 4) is 0 Å². The molecule has 1 N–H and O–H groups in total. The Balaban J connectivity index is 2.82. The molecule has 0 amide bonds. The fourth-order valence-corrected chi connectivity index (χ4v) is 1.40. The molecule has 1 aromatic rings. The van der Waals surface area contributed by atoms with Crippen molar-refractivity contribution in [2.45, 2.75) is 25.9 Å². The Kier molecular flexibility index (Phi) is 3.67. The SMILES string of the molecule is COC(C)(CO)Cc1ccccc1C. The molecule has 1 atom stereocenters. The molecule has 78 valence electrons. The van der Waals surface area contributed by atoms with Crippen LogP contribution in [0.2, 0.25) is 0 Å². The molecule has 1 aromatic carbocycles. The van der Waals surface area contributed by atoms with E-state index < -0.39 is 5.60 Å². The number of benzene rings is 1. The van der Waals surface area contributed by atoms with Crippen molar-refractivity contribution in [1.29, 1.82) is 0 Å². The minimum Gasteiger partial charge on any atom is -0.393 e. The standard InChI is InChI=1S/C12H18O2/c1-10-6-4-5-7-11(10)8-12(2,9-13)14-3/h4-7,13H,8-9H2,1-3H3. The van der Waals surface area contributed by atoms with Gasteiger partial charge in [-0.25, -0.2) is 0 Å². The third-order valence-corrected chi connectivity index (χ3v) is 2.65. The molecule has 0 radical (unpaired) electrons. The molecule has 0 saturated heterocycles. The Hall–Kier alpha value is -0.860. The summed E-state index contributed by atoms with van der Waals surface area (Å²) in [6, 6.07) is 8.17. The predicted octanol–water partition coefficient (Wildman–Crippen LogP) is 1.93. The molecule has 0 spiro atoms. The van der Waals surface area contributed by atoms with Crippen LogP contribution in [0.5, 0.6) is 0 Å². The summed E-state index contributed by atoms with van der Waals surface area (Å²) in [6.45, 7) is 4.03. The van der Waals surface area contributed by atoms with Gasteiger partial charge in [0.25, 0.3) is 0 Å². The lowest BCUT2D eigenvalue weighted by Gasteiger charge is -2.26. The number of methoxy groups -OCH3 is 1. The van der Waals surface area contributed by atoms with Crippen molar-refractivity contribution < 1.29 is 9.84 Å². The number of aliphatic hydroxyl groups excluding tert-OH is 1. The van der Waals surface area contributed by atoms with Crippen LogP contribution in [0.15, 0.2) is 24.3 Å². The zero-order valence-corrected chi connectivity index (χ0v) is 9.08. The predicted molar refractivity (Wildman–Crippen MR) is 57.4 cm³/mol. The van der Waals surface area contributed by atoms with Crippen molar-refractivity contribution in [2.75, 3.05) is 13.7 Å². The van der Waals surface area contributed by atoms with Gasteiger partial charge in [0, 0.05) is 13.5 Å². The zero-order chi connectivity index (χ0) is 10.6. The van der Waals surface area contributed by atoms with Gasteiger partial charge in [-0.1, -0.05) is 24.3 Å². The lowest BCUT2D eigenvalue weighted by molar-refractivity contribution is -0.0369. The largest absolute Gasteiger partial charge is 0.393 e. The van der Waals surface area contributed by atoms with Crippen LogP contribution in [-0.2, 0) is 11.2 Å². The van der Waals surface area contributed by atoms with Gasteiger partial charge in [0.2, 0.25) is 0 Å². The topological polar surface area (TPSA) is 29.5 Å². The number of rotatable bonds is 4. The Morgan fingerprint density at radius 1 is 1.36 bits per heavy atom. The number of ether oxygens (including phenoxy) is 1. The van der Waals surface area contributed by atoms with Crippen LogP contribution in [0.1, 0.15) is 18.1 Å². The van der Waals surface area contributed by atoms with Gasteiger partial charge in [0.15, 0.2) is 0 Å². The Bertz CT molecular complexity index is 290. The van der Waals surface area contributed by atoms with Crippen molar-refractivity contribution >= 4 is 0 Å². The van der Waals surface area contributed by atoms with E-state index in [9.17, 15) is 5.11 Å². The molecule has 0 aliphatic heterocycles. The maximum Gasteiger partial charge on any atom is 0.0920 e. The Morgan fingerprint density at radius 2 is 2.00 bits per heavy atom. The summed E-state index contributed by atoms with van der Waals surface area (Å²) >= 11 is 0. The molecule has 14 heavy (non-hydrogen) atoms. The Morgan fingerprint density at radius 3 is 2.50 bits per heavy atom. The van der Waals surface area contributed by atoms with Crippen molar-refractivity contribution in [2.24, 2.45) is 0 Å². The highest BCUT2D eigenvalue weighted by atomic mass is 16.5. The molecule has 1 unspecified atom stereocenters. The van der Waals surface area contributed by atoms with E-state index in [2.05, 4.69) is 19.1 Å². The first-order valence-corrected chi connectivity index (χ1v) is 4.82. The van der Waals surface area contributed by atoms with E-state index in [0.29, 0.717) is 0 Å². The monoisotopic (exact) mass is 194 g/mol. The van der Waals surface area contributed by atoms with E-state index >= 15 is 0 Å². The van der Waals surface area contributed by atoms with E-state index in [4.69, 9.17) is 4.74 Å². The van der Waals surface area contributed by atoms with E-state index in [1.165, 1.54) is 11.1 Å². The quantitative estimate of drug-likeness (QED) is 0.793. The summed E-state index contributed by atoms with van der Waals surface area (Å²) in [7, 11) is 1.63. The minimum atomic E-state index is -0.466. The first kappa shape index (κ1) is 11.2. The average Bonchev–Trinajstić information content (AvgIpc) is 2.21. The molecule has 0 aliphatic carbocycles. The molecular weight excluding hydrogens is 176 g/mol. The normalized spacial score (nSPS) is 15.1. The first-order valence-electron chi connectivity index (χ1n) is 4.82. The molecule has 2 heteroatoms. The molecule has 0 aliphatic rings. The summed E-state index contributed by atoms with van der Waals surface area (Å²) in [4.78, 5) is 0. The molecule has 0 saturated carbocycles. The first-order chi connectivity index (χ1) is 6.61. The summed E-state index contributed by atoms with van der Waals surface area (Å²) < 4.78 is 5.30. The van der Waals surface area contributed by atoms with E-state index in [1.807, 2.05) is 19.1 Å². The molecule has 2 nitrogen and oxygen atoms in total. The third-order valence-electron chi connectivity index (χ3n) is 2.65. The highest BCUT2D eigenvalue weighted by molar-refractivity contribution is 5.26. The number of hydrogen-bond donors (Lipinski definition) is 1. The van der Waals surface area contributed by atoms with Crippen molar-refractivity contribution in [3.05, 3.63) is 35.4 Å². The van der Waals surface area contributed by atoms with Gasteiger partial charge in [0.1, 0.15) is 0 Å². The number of aryl methyl sites for hydroxylation is 1. The van der Waals surface area contributed by atoms with Crippen LogP contribution in [0.25, 0.3) is 0 Å². The minimum absolute atomic E-state index is 0.0395. The highest BCUT2D eigenvalue weighted by Crippen LogP contribution is 2.18. The molecule has 0 bridgehead atoms. The number of hydrogen-bond acceptors (Lipinski definition) is 2. The maximum absolute atomic E-state index is 9.21. The summed E-state index contributed by atoms with van der Waals surface area (Å²) in [5.74, 6) is 0. The van der Waals surface area contributed by atoms with Crippen LogP contribution >= 0.6 is 0 Å². The van der Waals surface area contributed by atoms with Gasteiger partial charge in [-0.2, -0.15) is 0 Å². The fraction of sp³-hybridized carbons (Fsp3) is 0.500. The van der Waals surface area contributed by atoms with Crippen LogP contribution in [0.3, 0.4) is 0 Å². The second-order valence-electron chi connectivity index (χ2n) is 3.92. The summed E-state index contributed by atoms with van der Waals surface area (Å²) in [5.41, 5.74) is 2.00. The van der Waals surface area contributed by atoms with Crippen LogP contribution in [0, 0.1) is 6.92 Å². The average molecular weight is 194 g/mol. The van der Waals surface area contributed by atoms with Gasteiger partial charge in [-0.15, -0.1) is 0 Å². The molecule has 0 heterocycles. The summed E-state index contributed by atoms with van der Waals surface area (Å²) in [5, 5.41) is 9.21. The summed E-state index contributed by atoms with van der Waals surface area (Å²) in [6.07, 6.45) is 0.743. The van der Waals surface area contributed by atoms with E-state index in [1.54, 1.807) is 7.11 Å². The zero-order valence-electron chi connectivity index (χ0n) is 9.08. The van der Waals surface area contributed by atoms with E-state index in [-0.39, 0.29) is 6.61 Å². The Labute approximate surface area is 85.5 Å². The van der Waals surface area contributed by atoms with Gasteiger partial charge >= 0.3 is 0 Å². The second kappa shape index (κ2) is 4.58.